The minimum atomic E-state index is -0.190. The molecule has 16 heavy (non-hydrogen) atoms. The molecule has 0 saturated carbocycles. The zero-order valence-electron chi connectivity index (χ0n) is 9.03. The summed E-state index contributed by atoms with van der Waals surface area (Å²) in [6.45, 7) is 1.93. The van der Waals surface area contributed by atoms with E-state index < -0.39 is 0 Å². The molecule has 1 rings (SSSR count). The zero-order valence-corrected chi connectivity index (χ0v) is 9.79. The maximum Gasteiger partial charge on any atom is 0.251 e. The van der Waals surface area contributed by atoms with E-state index >= 15 is 0 Å². The van der Waals surface area contributed by atoms with Gasteiger partial charge in [-0.25, -0.2) is 0 Å². The van der Waals surface area contributed by atoms with Crippen molar-refractivity contribution in [1.82, 2.24) is 5.32 Å². The van der Waals surface area contributed by atoms with Gasteiger partial charge in [0, 0.05) is 16.6 Å². The highest BCUT2D eigenvalue weighted by Crippen LogP contribution is 2.11. The molecule has 0 bridgehead atoms. The third kappa shape index (κ3) is 3.56. The monoisotopic (exact) mass is 236 g/mol. The van der Waals surface area contributed by atoms with Gasteiger partial charge in [0.05, 0.1) is 12.5 Å². The van der Waals surface area contributed by atoms with Gasteiger partial charge >= 0.3 is 0 Å². The third-order valence-corrected chi connectivity index (χ3v) is 2.49. The van der Waals surface area contributed by atoms with Crippen molar-refractivity contribution >= 4 is 17.5 Å². The molecular formula is C12H13ClN2O. The lowest BCUT2D eigenvalue weighted by molar-refractivity contribution is 0.0936. The number of amides is 1. The van der Waals surface area contributed by atoms with Crippen LogP contribution in [0.5, 0.6) is 0 Å². The predicted molar refractivity (Wildman–Crippen MR) is 63.2 cm³/mol. The highest BCUT2D eigenvalue weighted by molar-refractivity contribution is 6.30. The number of carbonyl (C=O) groups excluding carboxylic acids is 1. The van der Waals surface area contributed by atoms with Gasteiger partial charge in [0.25, 0.3) is 5.91 Å². The molecule has 1 aromatic rings. The molecule has 0 aliphatic carbocycles. The molecular weight excluding hydrogens is 224 g/mol. The first kappa shape index (κ1) is 12.5. The van der Waals surface area contributed by atoms with Gasteiger partial charge in [0.1, 0.15) is 0 Å². The van der Waals surface area contributed by atoms with Crippen LogP contribution in [0.3, 0.4) is 0 Å². The van der Waals surface area contributed by atoms with E-state index in [1.165, 1.54) is 0 Å². The van der Waals surface area contributed by atoms with E-state index in [4.69, 9.17) is 16.9 Å². The molecule has 1 aromatic carbocycles. The van der Waals surface area contributed by atoms with Crippen LogP contribution in [0.2, 0.25) is 5.02 Å². The van der Waals surface area contributed by atoms with Crippen molar-refractivity contribution in [3.63, 3.8) is 0 Å². The Balaban J connectivity index is 2.68. The first-order valence-corrected chi connectivity index (χ1v) is 5.48. The van der Waals surface area contributed by atoms with Crippen molar-refractivity contribution < 1.29 is 4.79 Å². The largest absolute Gasteiger partial charge is 0.348 e. The fourth-order valence-electron chi connectivity index (χ4n) is 1.31. The summed E-state index contributed by atoms with van der Waals surface area (Å²) in [5.74, 6) is -0.190. The number of hydrogen-bond acceptors (Lipinski definition) is 2. The number of nitriles is 1. The van der Waals surface area contributed by atoms with Crippen LogP contribution in [0.4, 0.5) is 0 Å². The molecule has 0 aromatic heterocycles. The highest BCUT2D eigenvalue weighted by Gasteiger charge is 2.11. The number of nitrogens with one attached hydrogen (secondary N) is 1. The molecule has 0 saturated heterocycles. The van der Waals surface area contributed by atoms with Gasteiger partial charge in [0.2, 0.25) is 0 Å². The van der Waals surface area contributed by atoms with Crippen LogP contribution in [-0.4, -0.2) is 11.9 Å². The van der Waals surface area contributed by atoms with Crippen molar-refractivity contribution in [2.24, 2.45) is 0 Å². The van der Waals surface area contributed by atoms with Gasteiger partial charge in [0.15, 0.2) is 0 Å². The van der Waals surface area contributed by atoms with Gasteiger partial charge in [-0.3, -0.25) is 4.79 Å². The molecule has 1 atom stereocenters. The molecule has 1 N–H and O–H groups in total. The Morgan fingerprint density at radius 1 is 1.62 bits per heavy atom. The van der Waals surface area contributed by atoms with E-state index in [1.54, 1.807) is 24.3 Å². The van der Waals surface area contributed by atoms with Crippen molar-refractivity contribution in [1.29, 1.82) is 5.26 Å². The highest BCUT2D eigenvalue weighted by atomic mass is 35.5. The number of hydrogen-bond donors (Lipinski definition) is 1. The summed E-state index contributed by atoms with van der Waals surface area (Å²) in [5.41, 5.74) is 0.517. The molecule has 4 heteroatoms. The van der Waals surface area contributed by atoms with Gasteiger partial charge in [-0.15, -0.1) is 0 Å². The minimum absolute atomic E-state index is 0.100. The fourth-order valence-corrected chi connectivity index (χ4v) is 1.50. The molecule has 3 nitrogen and oxygen atoms in total. The summed E-state index contributed by atoms with van der Waals surface area (Å²) in [6, 6.07) is 8.69. The second-order valence-electron chi connectivity index (χ2n) is 3.45. The lowest BCUT2D eigenvalue weighted by atomic mass is 10.1. The normalized spacial score (nSPS) is 11.6. The standard InChI is InChI=1S/C12H13ClN2O/c1-2-11(6-7-14)15-12(16)9-4-3-5-10(13)8-9/h3-5,8,11H,2,6H2,1H3,(H,15,16). The maximum absolute atomic E-state index is 11.8. The summed E-state index contributed by atoms with van der Waals surface area (Å²) >= 11 is 5.79. The summed E-state index contributed by atoms with van der Waals surface area (Å²) in [7, 11) is 0. The van der Waals surface area contributed by atoms with Crippen molar-refractivity contribution in [3.05, 3.63) is 34.9 Å². The van der Waals surface area contributed by atoms with Gasteiger partial charge < -0.3 is 5.32 Å². The Kier molecular flexibility index (Phi) is 4.81. The first-order valence-electron chi connectivity index (χ1n) is 5.10. The Morgan fingerprint density at radius 2 is 2.38 bits per heavy atom. The summed E-state index contributed by atoms with van der Waals surface area (Å²) in [4.78, 5) is 11.8. The van der Waals surface area contributed by atoms with Crippen LogP contribution in [0.15, 0.2) is 24.3 Å². The van der Waals surface area contributed by atoms with E-state index in [0.717, 1.165) is 6.42 Å². The van der Waals surface area contributed by atoms with Crippen molar-refractivity contribution in [3.8, 4) is 6.07 Å². The number of rotatable bonds is 4. The molecule has 1 amide bonds. The summed E-state index contributed by atoms with van der Waals surface area (Å²) < 4.78 is 0. The van der Waals surface area contributed by atoms with Crippen LogP contribution < -0.4 is 5.32 Å². The molecule has 0 heterocycles. The van der Waals surface area contributed by atoms with Gasteiger partial charge in [-0.05, 0) is 24.6 Å². The Morgan fingerprint density at radius 3 is 2.94 bits per heavy atom. The van der Waals surface area contributed by atoms with Crippen LogP contribution in [0.1, 0.15) is 30.1 Å². The molecule has 84 valence electrons. The zero-order chi connectivity index (χ0) is 12.0. The summed E-state index contributed by atoms with van der Waals surface area (Å²) in [5, 5.41) is 11.9. The average Bonchev–Trinajstić information content (AvgIpc) is 2.28. The molecule has 0 spiro atoms. The van der Waals surface area contributed by atoms with Crippen LogP contribution in [-0.2, 0) is 0 Å². The van der Waals surface area contributed by atoms with E-state index in [0.29, 0.717) is 17.0 Å². The number of halogens is 1. The molecule has 1 unspecified atom stereocenters. The minimum Gasteiger partial charge on any atom is -0.348 e. The van der Waals surface area contributed by atoms with Crippen LogP contribution in [0, 0.1) is 11.3 Å². The lowest BCUT2D eigenvalue weighted by Crippen LogP contribution is -2.34. The van der Waals surface area contributed by atoms with Gasteiger partial charge in [-0.2, -0.15) is 5.26 Å². The number of benzene rings is 1. The molecule has 0 fully saturated rings. The summed E-state index contributed by atoms with van der Waals surface area (Å²) in [6.07, 6.45) is 1.06. The van der Waals surface area contributed by atoms with E-state index in [1.807, 2.05) is 13.0 Å². The van der Waals surface area contributed by atoms with Gasteiger partial charge in [-0.1, -0.05) is 24.6 Å². The smallest absolute Gasteiger partial charge is 0.251 e. The third-order valence-electron chi connectivity index (χ3n) is 2.25. The molecule has 0 aliphatic heterocycles. The molecule has 0 radical (unpaired) electrons. The number of carbonyl (C=O) groups is 1. The molecule has 0 aliphatic rings. The van der Waals surface area contributed by atoms with Crippen LogP contribution in [0.25, 0.3) is 0 Å². The van der Waals surface area contributed by atoms with Crippen molar-refractivity contribution in [2.75, 3.05) is 0 Å². The van der Waals surface area contributed by atoms with Crippen LogP contribution >= 0.6 is 11.6 Å². The average molecular weight is 237 g/mol. The Labute approximate surface area is 100 Å². The maximum atomic E-state index is 11.8. The van der Waals surface area contributed by atoms with E-state index in [-0.39, 0.29) is 11.9 Å². The van der Waals surface area contributed by atoms with E-state index in [2.05, 4.69) is 5.32 Å². The predicted octanol–water partition coefficient (Wildman–Crippen LogP) is 2.76. The Bertz CT molecular complexity index is 412. The number of nitrogens with zero attached hydrogens (tertiary/aromatic N) is 1. The second kappa shape index (κ2) is 6.14. The topological polar surface area (TPSA) is 52.9 Å². The first-order chi connectivity index (χ1) is 7.67. The lowest BCUT2D eigenvalue weighted by Gasteiger charge is -2.13. The van der Waals surface area contributed by atoms with Crippen molar-refractivity contribution in [2.45, 2.75) is 25.8 Å². The quantitative estimate of drug-likeness (QED) is 0.874. The Hall–Kier alpha value is -1.53. The fraction of sp³-hybridized carbons (Fsp3) is 0.333. The second-order valence-corrected chi connectivity index (χ2v) is 3.89. The van der Waals surface area contributed by atoms with E-state index in [9.17, 15) is 4.79 Å². The SMILES string of the molecule is CCC(CC#N)NC(=O)c1cccc(Cl)c1.